The van der Waals surface area contributed by atoms with Crippen LogP contribution in [-0.4, -0.2) is 48.0 Å². The van der Waals surface area contributed by atoms with E-state index in [4.69, 9.17) is 4.74 Å². The summed E-state index contributed by atoms with van der Waals surface area (Å²) in [5.74, 6) is -0.272. The van der Waals surface area contributed by atoms with Gasteiger partial charge in [0.2, 0.25) is 0 Å². The summed E-state index contributed by atoms with van der Waals surface area (Å²) in [6.45, 7) is 2.58. The van der Waals surface area contributed by atoms with Gasteiger partial charge in [0.05, 0.1) is 11.1 Å². The summed E-state index contributed by atoms with van der Waals surface area (Å²) in [6.07, 6.45) is 0.568. The molecule has 140 valence electrons. The molecule has 0 atom stereocenters. The van der Waals surface area contributed by atoms with Crippen LogP contribution in [0.5, 0.6) is 0 Å². The van der Waals surface area contributed by atoms with E-state index < -0.39 is 6.03 Å². The van der Waals surface area contributed by atoms with Crippen molar-refractivity contribution in [3.63, 3.8) is 0 Å². The van der Waals surface area contributed by atoms with E-state index in [1.165, 1.54) is 11.0 Å². The molecule has 0 unspecified atom stereocenters. The molecule has 27 heavy (non-hydrogen) atoms. The van der Waals surface area contributed by atoms with E-state index in [-0.39, 0.29) is 17.4 Å². The minimum absolute atomic E-state index is 0.281. The summed E-state index contributed by atoms with van der Waals surface area (Å²) >= 11 is 0. The smallest absolute Gasteiger partial charge is 0.324 e. The molecule has 1 aromatic heterocycles. The van der Waals surface area contributed by atoms with Gasteiger partial charge in [0.25, 0.3) is 11.8 Å². The fraction of sp³-hybridized carbons (Fsp3) is 0.263. The van der Waals surface area contributed by atoms with Gasteiger partial charge in [-0.2, -0.15) is 0 Å². The highest BCUT2D eigenvalue weighted by molar-refractivity contribution is 6.22. The van der Waals surface area contributed by atoms with Gasteiger partial charge in [0, 0.05) is 31.6 Å². The summed E-state index contributed by atoms with van der Waals surface area (Å²) in [4.78, 5) is 42.4. The molecule has 8 heteroatoms. The van der Waals surface area contributed by atoms with Gasteiger partial charge in [0.15, 0.2) is 0 Å². The number of aromatic nitrogens is 1. The van der Waals surface area contributed by atoms with Crippen LogP contribution in [-0.2, 0) is 4.74 Å². The van der Waals surface area contributed by atoms with Gasteiger partial charge in [0.1, 0.15) is 5.82 Å². The van der Waals surface area contributed by atoms with Gasteiger partial charge >= 0.3 is 6.03 Å². The van der Waals surface area contributed by atoms with Crippen molar-refractivity contribution < 1.29 is 19.1 Å². The number of ether oxygens (including phenoxy) is 1. The Morgan fingerprint density at radius 1 is 1.11 bits per heavy atom. The van der Waals surface area contributed by atoms with Crippen molar-refractivity contribution in [3.8, 4) is 0 Å². The van der Waals surface area contributed by atoms with Crippen LogP contribution in [0.1, 0.15) is 32.8 Å². The molecule has 0 bridgehead atoms. The molecule has 8 nitrogen and oxygen atoms in total. The molecular formula is C19H20N4O4. The number of aryl methyl sites for hydroxylation is 1. The summed E-state index contributed by atoms with van der Waals surface area (Å²) in [5.41, 5.74) is 1.81. The molecule has 4 amide bonds. The standard InChI is InChI=1S/C19H20N4O4/c1-12-5-3-6-16(20-12)22-19(26)21-13-7-8-14-15(11-13)18(25)23(17(14)24)9-4-10-27-2/h3,5-8,11H,4,9-10H2,1-2H3,(H2,20,21,22,26). The number of methoxy groups -OCH3 is 1. The average molecular weight is 368 g/mol. The molecule has 1 aliphatic rings. The Hall–Kier alpha value is -3.26. The van der Waals surface area contributed by atoms with Gasteiger partial charge in [-0.05, 0) is 43.7 Å². The number of fused-ring (bicyclic) bond motifs is 1. The highest BCUT2D eigenvalue weighted by atomic mass is 16.5. The summed E-state index contributed by atoms with van der Waals surface area (Å²) in [5, 5.41) is 5.27. The molecule has 0 radical (unpaired) electrons. The van der Waals surface area contributed by atoms with Crippen LogP contribution in [0, 0.1) is 6.92 Å². The van der Waals surface area contributed by atoms with Crippen molar-refractivity contribution in [3.05, 3.63) is 53.2 Å². The molecule has 3 rings (SSSR count). The predicted molar refractivity (Wildman–Crippen MR) is 99.9 cm³/mol. The first kappa shape index (κ1) is 18.5. The number of carbonyl (C=O) groups is 3. The Labute approximate surface area is 156 Å². The van der Waals surface area contributed by atoms with Crippen LogP contribution >= 0.6 is 0 Å². The molecule has 0 saturated heterocycles. The maximum absolute atomic E-state index is 12.5. The minimum Gasteiger partial charge on any atom is -0.385 e. The molecule has 2 aromatic rings. The zero-order chi connectivity index (χ0) is 19.4. The normalized spacial score (nSPS) is 12.9. The van der Waals surface area contributed by atoms with Gasteiger partial charge in [-0.15, -0.1) is 0 Å². The first-order chi connectivity index (χ1) is 13.0. The number of benzene rings is 1. The molecule has 1 aliphatic heterocycles. The Balaban J connectivity index is 1.69. The summed E-state index contributed by atoms with van der Waals surface area (Å²) < 4.78 is 4.96. The van der Waals surface area contributed by atoms with E-state index in [9.17, 15) is 14.4 Å². The third-order valence-electron chi connectivity index (χ3n) is 4.09. The van der Waals surface area contributed by atoms with Crippen LogP contribution in [0.3, 0.4) is 0 Å². The predicted octanol–water partition coefficient (Wildman–Crippen LogP) is 2.67. The van der Waals surface area contributed by atoms with E-state index in [0.717, 1.165) is 5.69 Å². The summed E-state index contributed by atoms with van der Waals surface area (Å²) in [6, 6.07) is 9.45. The Morgan fingerprint density at radius 3 is 2.63 bits per heavy atom. The van der Waals surface area contributed by atoms with E-state index in [2.05, 4.69) is 15.6 Å². The molecule has 2 N–H and O–H groups in total. The van der Waals surface area contributed by atoms with E-state index >= 15 is 0 Å². The van der Waals surface area contributed by atoms with Crippen LogP contribution < -0.4 is 10.6 Å². The minimum atomic E-state index is -0.484. The number of rotatable bonds is 6. The zero-order valence-electron chi connectivity index (χ0n) is 15.1. The molecule has 2 heterocycles. The fourth-order valence-corrected chi connectivity index (χ4v) is 2.83. The monoisotopic (exact) mass is 368 g/mol. The quantitative estimate of drug-likeness (QED) is 0.603. The Morgan fingerprint density at radius 2 is 1.89 bits per heavy atom. The second-order valence-corrected chi connectivity index (χ2v) is 6.11. The number of carbonyl (C=O) groups excluding carboxylic acids is 3. The Bertz CT molecular complexity index is 897. The van der Waals surface area contributed by atoms with E-state index in [1.807, 2.05) is 13.0 Å². The lowest BCUT2D eigenvalue weighted by atomic mass is 10.1. The third-order valence-corrected chi connectivity index (χ3v) is 4.09. The lowest BCUT2D eigenvalue weighted by Crippen LogP contribution is -2.31. The topological polar surface area (TPSA) is 101 Å². The van der Waals surface area contributed by atoms with Crippen molar-refractivity contribution in [2.24, 2.45) is 0 Å². The van der Waals surface area contributed by atoms with Crippen LogP contribution in [0.4, 0.5) is 16.3 Å². The van der Waals surface area contributed by atoms with Gasteiger partial charge in [-0.25, -0.2) is 9.78 Å². The van der Waals surface area contributed by atoms with Gasteiger partial charge < -0.3 is 10.1 Å². The van der Waals surface area contributed by atoms with Gasteiger partial charge in [-0.3, -0.25) is 19.8 Å². The number of nitrogens with one attached hydrogen (secondary N) is 2. The van der Waals surface area contributed by atoms with Crippen molar-refractivity contribution in [2.45, 2.75) is 13.3 Å². The number of imide groups is 1. The fourth-order valence-electron chi connectivity index (χ4n) is 2.83. The number of hydrogen-bond acceptors (Lipinski definition) is 5. The molecule has 0 spiro atoms. The molecule has 0 fully saturated rings. The van der Waals surface area contributed by atoms with Gasteiger partial charge in [-0.1, -0.05) is 6.07 Å². The number of amides is 4. The highest BCUT2D eigenvalue weighted by Gasteiger charge is 2.35. The molecule has 0 saturated carbocycles. The number of urea groups is 1. The second kappa shape index (κ2) is 7.96. The molecule has 1 aromatic carbocycles. The molecular weight excluding hydrogens is 348 g/mol. The SMILES string of the molecule is COCCCN1C(=O)c2ccc(NC(=O)Nc3cccc(C)n3)cc2C1=O. The van der Waals surface area contributed by atoms with Crippen molar-refractivity contribution in [1.82, 2.24) is 9.88 Å². The second-order valence-electron chi connectivity index (χ2n) is 6.11. The Kier molecular flexibility index (Phi) is 5.46. The van der Waals surface area contributed by atoms with E-state index in [1.54, 1.807) is 31.4 Å². The first-order valence-corrected chi connectivity index (χ1v) is 8.50. The third kappa shape index (κ3) is 4.12. The van der Waals surface area contributed by atoms with Crippen molar-refractivity contribution >= 4 is 29.4 Å². The maximum atomic E-state index is 12.5. The van der Waals surface area contributed by atoms with E-state index in [0.29, 0.717) is 36.6 Å². The number of pyridine rings is 1. The maximum Gasteiger partial charge on any atom is 0.324 e. The van der Waals surface area contributed by atoms with Crippen molar-refractivity contribution in [1.29, 1.82) is 0 Å². The lowest BCUT2D eigenvalue weighted by Gasteiger charge is -2.12. The molecule has 0 aliphatic carbocycles. The van der Waals surface area contributed by atoms with Crippen LogP contribution in [0.2, 0.25) is 0 Å². The number of anilines is 2. The largest absolute Gasteiger partial charge is 0.385 e. The first-order valence-electron chi connectivity index (χ1n) is 8.50. The van der Waals surface area contributed by atoms with Crippen molar-refractivity contribution in [2.75, 3.05) is 30.9 Å². The zero-order valence-corrected chi connectivity index (χ0v) is 15.1. The van der Waals surface area contributed by atoms with Crippen LogP contribution in [0.25, 0.3) is 0 Å². The lowest BCUT2D eigenvalue weighted by molar-refractivity contribution is 0.0638. The number of hydrogen-bond donors (Lipinski definition) is 2. The van der Waals surface area contributed by atoms with Crippen LogP contribution in [0.15, 0.2) is 36.4 Å². The summed E-state index contributed by atoms with van der Waals surface area (Å²) in [7, 11) is 1.57. The highest BCUT2D eigenvalue weighted by Crippen LogP contribution is 2.26. The average Bonchev–Trinajstić information content (AvgIpc) is 2.86. The number of nitrogens with zero attached hydrogens (tertiary/aromatic N) is 2.